The lowest BCUT2D eigenvalue weighted by Crippen LogP contribution is -2.24. The molecule has 0 bridgehead atoms. The molecule has 2 aromatic rings. The van der Waals surface area contributed by atoms with Gasteiger partial charge in [0.2, 0.25) is 0 Å². The molecule has 0 spiro atoms. The summed E-state index contributed by atoms with van der Waals surface area (Å²) in [6.45, 7) is 6.29. The van der Waals surface area contributed by atoms with E-state index in [9.17, 15) is 4.79 Å². The van der Waals surface area contributed by atoms with Crippen molar-refractivity contribution in [3.05, 3.63) is 34.9 Å². The van der Waals surface area contributed by atoms with Crippen LogP contribution in [0.5, 0.6) is 0 Å². The van der Waals surface area contributed by atoms with Crippen molar-refractivity contribution in [3.63, 3.8) is 0 Å². The zero-order chi connectivity index (χ0) is 14.0. The first-order valence-corrected chi connectivity index (χ1v) is 7.11. The summed E-state index contributed by atoms with van der Waals surface area (Å²) in [6.07, 6.45) is 2.39. The Balaban J connectivity index is 2.04. The second-order valence-electron chi connectivity index (χ2n) is 5.55. The lowest BCUT2D eigenvalue weighted by atomic mass is 10.2. The Labute approximate surface area is 121 Å². The number of benzene rings is 1. The van der Waals surface area contributed by atoms with Gasteiger partial charge in [0, 0.05) is 28.1 Å². The highest BCUT2D eigenvalue weighted by Crippen LogP contribution is 2.21. The van der Waals surface area contributed by atoms with Gasteiger partial charge >= 0.3 is 5.97 Å². The van der Waals surface area contributed by atoms with Gasteiger partial charge in [-0.05, 0) is 45.0 Å². The Hall–Kier alpha value is -1.29. The van der Waals surface area contributed by atoms with Crippen LogP contribution in [0, 0.1) is 0 Å². The Kier molecular flexibility index (Phi) is 3.99. The number of ether oxygens (including phenoxy) is 1. The fourth-order valence-electron chi connectivity index (χ4n) is 1.97. The molecule has 2 rings (SSSR count). The Morgan fingerprint density at radius 1 is 1.32 bits per heavy atom. The zero-order valence-corrected chi connectivity index (χ0v) is 13.0. The molecular weight excluding hydrogens is 306 g/mol. The van der Waals surface area contributed by atoms with E-state index in [4.69, 9.17) is 4.74 Å². The first kappa shape index (κ1) is 14.1. The maximum absolute atomic E-state index is 11.7. The van der Waals surface area contributed by atoms with Gasteiger partial charge < -0.3 is 9.30 Å². The van der Waals surface area contributed by atoms with Crippen LogP contribution in [0.25, 0.3) is 10.9 Å². The summed E-state index contributed by atoms with van der Waals surface area (Å²) in [6, 6.07) is 8.18. The van der Waals surface area contributed by atoms with Crippen LogP contribution in [-0.4, -0.2) is 16.1 Å². The molecular formula is C15H18BrNO2. The predicted molar refractivity (Wildman–Crippen MR) is 80.1 cm³/mol. The molecule has 4 heteroatoms. The van der Waals surface area contributed by atoms with E-state index in [1.54, 1.807) is 0 Å². The van der Waals surface area contributed by atoms with Crippen LogP contribution in [-0.2, 0) is 16.1 Å². The van der Waals surface area contributed by atoms with Crippen LogP contribution >= 0.6 is 15.9 Å². The molecule has 0 fully saturated rings. The molecule has 0 aliphatic heterocycles. The fraction of sp³-hybridized carbons (Fsp3) is 0.400. The second-order valence-corrected chi connectivity index (χ2v) is 6.46. The summed E-state index contributed by atoms with van der Waals surface area (Å²) < 4.78 is 8.44. The summed E-state index contributed by atoms with van der Waals surface area (Å²) >= 11 is 3.45. The molecule has 102 valence electrons. The summed E-state index contributed by atoms with van der Waals surface area (Å²) in [5, 5.41) is 1.17. The number of rotatable bonds is 3. The van der Waals surface area contributed by atoms with Crippen molar-refractivity contribution in [2.24, 2.45) is 0 Å². The molecule has 0 saturated heterocycles. The van der Waals surface area contributed by atoms with Crippen LogP contribution < -0.4 is 0 Å². The van der Waals surface area contributed by atoms with Crippen molar-refractivity contribution in [1.29, 1.82) is 0 Å². The number of hydrogen-bond donors (Lipinski definition) is 0. The number of carbonyl (C=O) groups excluding carboxylic acids is 1. The standard InChI is InChI=1S/C15H18BrNO2/c1-15(2,3)19-14(18)7-9-17-8-6-11-10-12(16)4-5-13(11)17/h4-6,8,10H,7,9H2,1-3H3. The zero-order valence-electron chi connectivity index (χ0n) is 11.4. The van der Waals surface area contributed by atoms with E-state index in [0.29, 0.717) is 13.0 Å². The van der Waals surface area contributed by atoms with Crippen LogP contribution in [0.2, 0.25) is 0 Å². The minimum absolute atomic E-state index is 0.161. The molecule has 1 aromatic heterocycles. The van der Waals surface area contributed by atoms with Gasteiger partial charge in [-0.3, -0.25) is 4.79 Å². The molecule has 1 heterocycles. The van der Waals surface area contributed by atoms with E-state index in [1.165, 1.54) is 5.39 Å². The Bertz CT molecular complexity index is 596. The minimum atomic E-state index is -0.416. The van der Waals surface area contributed by atoms with Gasteiger partial charge in [-0.1, -0.05) is 15.9 Å². The normalized spacial score (nSPS) is 11.8. The molecule has 0 aliphatic carbocycles. The summed E-state index contributed by atoms with van der Waals surface area (Å²) in [5.74, 6) is -0.161. The molecule has 0 unspecified atom stereocenters. The monoisotopic (exact) mass is 323 g/mol. The van der Waals surface area contributed by atoms with Crippen molar-refractivity contribution in [3.8, 4) is 0 Å². The number of nitrogens with zero attached hydrogens (tertiary/aromatic N) is 1. The van der Waals surface area contributed by atoms with Gasteiger partial charge in [0.15, 0.2) is 0 Å². The van der Waals surface area contributed by atoms with Crippen LogP contribution in [0.1, 0.15) is 27.2 Å². The van der Waals surface area contributed by atoms with Gasteiger partial charge in [0.05, 0.1) is 6.42 Å². The fourth-order valence-corrected chi connectivity index (χ4v) is 2.35. The van der Waals surface area contributed by atoms with Crippen molar-refractivity contribution in [1.82, 2.24) is 4.57 Å². The molecule has 19 heavy (non-hydrogen) atoms. The van der Waals surface area contributed by atoms with Gasteiger partial charge in [0.1, 0.15) is 5.60 Å². The largest absolute Gasteiger partial charge is 0.460 e. The third-order valence-electron chi connectivity index (χ3n) is 2.71. The lowest BCUT2D eigenvalue weighted by molar-refractivity contribution is -0.155. The van der Waals surface area contributed by atoms with Gasteiger partial charge in [-0.25, -0.2) is 0 Å². The Morgan fingerprint density at radius 3 is 2.74 bits per heavy atom. The molecule has 0 aliphatic rings. The number of hydrogen-bond acceptors (Lipinski definition) is 2. The van der Waals surface area contributed by atoms with Gasteiger partial charge in [0.25, 0.3) is 0 Å². The minimum Gasteiger partial charge on any atom is -0.460 e. The number of aromatic nitrogens is 1. The third kappa shape index (κ3) is 3.83. The molecule has 3 nitrogen and oxygen atoms in total. The van der Waals surface area contributed by atoms with E-state index in [1.807, 2.05) is 33.0 Å². The van der Waals surface area contributed by atoms with Crippen LogP contribution in [0.3, 0.4) is 0 Å². The first-order chi connectivity index (χ1) is 8.85. The topological polar surface area (TPSA) is 31.2 Å². The average Bonchev–Trinajstić information content (AvgIpc) is 2.66. The molecule has 0 amide bonds. The van der Waals surface area contributed by atoms with Crippen molar-refractivity contribution < 1.29 is 9.53 Å². The smallest absolute Gasteiger partial charge is 0.308 e. The van der Waals surface area contributed by atoms with E-state index >= 15 is 0 Å². The van der Waals surface area contributed by atoms with Crippen LogP contribution in [0.4, 0.5) is 0 Å². The SMILES string of the molecule is CC(C)(C)OC(=O)CCn1ccc2cc(Br)ccc21. The van der Waals surface area contributed by atoms with E-state index in [-0.39, 0.29) is 5.97 Å². The maximum Gasteiger partial charge on any atom is 0.308 e. The Morgan fingerprint density at radius 2 is 2.05 bits per heavy atom. The number of aryl methyl sites for hydroxylation is 1. The molecule has 0 radical (unpaired) electrons. The first-order valence-electron chi connectivity index (χ1n) is 6.31. The highest BCUT2D eigenvalue weighted by Gasteiger charge is 2.16. The lowest BCUT2D eigenvalue weighted by Gasteiger charge is -2.19. The van der Waals surface area contributed by atoms with Crippen molar-refractivity contribution in [2.75, 3.05) is 0 Å². The van der Waals surface area contributed by atoms with E-state index < -0.39 is 5.60 Å². The van der Waals surface area contributed by atoms with Gasteiger partial charge in [-0.2, -0.15) is 0 Å². The third-order valence-corrected chi connectivity index (χ3v) is 3.20. The number of fused-ring (bicyclic) bond motifs is 1. The van der Waals surface area contributed by atoms with Crippen molar-refractivity contribution >= 4 is 32.8 Å². The maximum atomic E-state index is 11.7. The summed E-state index contributed by atoms with van der Waals surface area (Å²) in [4.78, 5) is 11.7. The number of esters is 1. The quantitative estimate of drug-likeness (QED) is 0.795. The van der Waals surface area contributed by atoms with E-state index in [2.05, 4.69) is 38.7 Å². The predicted octanol–water partition coefficient (Wildman–Crippen LogP) is 4.14. The number of halogens is 1. The van der Waals surface area contributed by atoms with Crippen molar-refractivity contribution in [2.45, 2.75) is 39.3 Å². The molecule has 1 aromatic carbocycles. The average molecular weight is 324 g/mol. The second kappa shape index (κ2) is 5.37. The summed E-state index contributed by atoms with van der Waals surface area (Å²) in [7, 11) is 0. The van der Waals surface area contributed by atoms with E-state index in [0.717, 1.165) is 9.99 Å². The molecule has 0 atom stereocenters. The van der Waals surface area contributed by atoms with Crippen LogP contribution in [0.15, 0.2) is 34.9 Å². The van der Waals surface area contributed by atoms with Gasteiger partial charge in [-0.15, -0.1) is 0 Å². The number of carbonyl (C=O) groups is 1. The summed E-state index contributed by atoms with van der Waals surface area (Å²) in [5.41, 5.74) is 0.715. The highest BCUT2D eigenvalue weighted by molar-refractivity contribution is 9.10. The highest BCUT2D eigenvalue weighted by atomic mass is 79.9. The molecule has 0 saturated carbocycles. The molecule has 0 N–H and O–H groups in total.